The molecule has 0 aromatic heterocycles. The summed E-state index contributed by atoms with van der Waals surface area (Å²) in [5.41, 5.74) is 5.18. The third-order valence-corrected chi connectivity index (χ3v) is 11.8. The lowest BCUT2D eigenvalue weighted by Gasteiger charge is -2.41. The normalized spacial score (nSPS) is 14.6. The minimum absolute atomic E-state index is 0.0324. The van der Waals surface area contributed by atoms with Gasteiger partial charge in [-0.1, -0.05) is 78.9 Å². The van der Waals surface area contributed by atoms with Gasteiger partial charge in [-0.25, -0.2) is 4.79 Å². The number of Topliss-reactive ketones (excluding diaryl/α,β-unsaturated/α-hetero) is 1. The Morgan fingerprint density at radius 2 is 1.37 bits per heavy atom. The molecule has 0 unspecified atom stereocenters. The zero-order valence-corrected chi connectivity index (χ0v) is 39.8. The minimum atomic E-state index is -1.23. The standard InChI is InChI=1S/C53H60N2O12/c1-33-24-38(40(30-62-28-37-20-22-39(59-7)23-21-37)49(46(33)60-8)64-29-36-18-14-11-15-19-36)25-41(54(6)52(58)67-53(3,4)5)51(57)55-26-43(56)45-44(42(55)31-63-27-35-16-12-10-13-17-35)50-48(65-32-66-50)34(2)47(45)61-9/h10-24,41-42H,25-32H2,1-9H3/t41-,42-/m0/s1. The summed E-state index contributed by atoms with van der Waals surface area (Å²) in [6.45, 7) is 9.25. The molecule has 0 radical (unpaired) electrons. The molecule has 14 nitrogen and oxygen atoms in total. The molecule has 2 aliphatic heterocycles. The van der Waals surface area contributed by atoms with Crippen LogP contribution in [0.2, 0.25) is 0 Å². The first kappa shape index (κ1) is 48.2. The van der Waals surface area contributed by atoms with E-state index in [1.54, 1.807) is 41.9 Å². The molecule has 0 N–H and O–H groups in total. The van der Waals surface area contributed by atoms with Gasteiger partial charge in [0.15, 0.2) is 28.8 Å². The van der Waals surface area contributed by atoms with Gasteiger partial charge in [0.05, 0.1) is 65.9 Å². The summed E-state index contributed by atoms with van der Waals surface area (Å²) in [6, 6.07) is 26.8. The van der Waals surface area contributed by atoms with Crippen LogP contribution < -0.4 is 28.4 Å². The number of benzene rings is 5. The lowest BCUT2D eigenvalue weighted by atomic mass is 9.87. The molecule has 354 valence electrons. The average molecular weight is 917 g/mol. The van der Waals surface area contributed by atoms with Gasteiger partial charge in [-0.05, 0) is 74.6 Å². The molecular weight excluding hydrogens is 857 g/mol. The molecule has 0 spiro atoms. The van der Waals surface area contributed by atoms with Crippen LogP contribution in [0.4, 0.5) is 4.79 Å². The number of aryl methyl sites for hydroxylation is 1. The van der Waals surface area contributed by atoms with Crippen molar-refractivity contribution in [3.05, 3.63) is 141 Å². The summed E-state index contributed by atoms with van der Waals surface area (Å²) >= 11 is 0. The van der Waals surface area contributed by atoms with Crippen molar-refractivity contribution in [3.8, 4) is 34.5 Å². The van der Waals surface area contributed by atoms with Crippen LogP contribution in [0.15, 0.2) is 91.0 Å². The molecule has 2 aliphatic rings. The van der Waals surface area contributed by atoms with E-state index in [2.05, 4.69) is 0 Å². The molecule has 14 heteroatoms. The molecule has 2 amide bonds. The van der Waals surface area contributed by atoms with Gasteiger partial charge in [0.25, 0.3) is 0 Å². The quantitative estimate of drug-likeness (QED) is 0.0828. The highest BCUT2D eigenvalue weighted by Gasteiger charge is 2.46. The van der Waals surface area contributed by atoms with Crippen molar-refractivity contribution in [2.45, 2.75) is 85.2 Å². The van der Waals surface area contributed by atoms with Gasteiger partial charge in [-0.15, -0.1) is 0 Å². The first-order chi connectivity index (χ1) is 32.2. The van der Waals surface area contributed by atoms with E-state index in [1.165, 1.54) is 24.0 Å². The Labute approximate surface area is 392 Å². The number of amides is 2. The van der Waals surface area contributed by atoms with Crippen molar-refractivity contribution in [1.29, 1.82) is 0 Å². The number of likely N-dealkylation sites (N-methyl/N-ethyl adjacent to an activating group) is 1. The molecule has 0 saturated carbocycles. The summed E-state index contributed by atoms with van der Waals surface area (Å²) < 4.78 is 54.6. The number of fused-ring (bicyclic) bond motifs is 3. The highest BCUT2D eigenvalue weighted by Crippen LogP contribution is 2.52. The van der Waals surface area contributed by atoms with Gasteiger partial charge in [0.1, 0.15) is 29.7 Å². The molecule has 67 heavy (non-hydrogen) atoms. The lowest BCUT2D eigenvalue weighted by molar-refractivity contribution is -0.140. The molecule has 7 rings (SSSR count). The topological polar surface area (TPSA) is 141 Å². The minimum Gasteiger partial charge on any atom is -0.497 e. The van der Waals surface area contributed by atoms with Crippen molar-refractivity contribution in [1.82, 2.24) is 9.80 Å². The Balaban J connectivity index is 1.33. The van der Waals surface area contributed by atoms with Gasteiger partial charge in [-0.2, -0.15) is 0 Å². The maximum absolute atomic E-state index is 15.8. The molecule has 2 atom stereocenters. The lowest BCUT2D eigenvalue weighted by Crippen LogP contribution is -2.55. The SMILES string of the molecule is COc1ccc(COCc2c(C[C@@H](C(=O)N3CC(=O)c4c(OC)c(C)c5c(c4[C@@H]3COCc3ccccc3)OCO5)N(C)C(=O)OC(C)(C)C)cc(C)c(OC)c2OCc2ccccc2)cc1. The van der Waals surface area contributed by atoms with E-state index < -0.39 is 29.7 Å². The first-order valence-electron chi connectivity index (χ1n) is 22.2. The number of ether oxygens (including phenoxy) is 9. The monoisotopic (exact) mass is 916 g/mol. The van der Waals surface area contributed by atoms with Crippen molar-refractivity contribution < 1.29 is 57.0 Å². The zero-order chi connectivity index (χ0) is 47.8. The summed E-state index contributed by atoms with van der Waals surface area (Å²) in [7, 11) is 6.22. The third-order valence-electron chi connectivity index (χ3n) is 11.8. The second-order valence-electron chi connectivity index (χ2n) is 17.5. The highest BCUT2D eigenvalue weighted by molar-refractivity contribution is 6.07. The Bertz CT molecular complexity index is 2540. The van der Waals surface area contributed by atoms with Crippen LogP contribution in [0.25, 0.3) is 0 Å². The predicted molar refractivity (Wildman–Crippen MR) is 250 cm³/mol. The summed E-state index contributed by atoms with van der Waals surface area (Å²) in [4.78, 5) is 47.3. The van der Waals surface area contributed by atoms with Gasteiger partial charge < -0.3 is 47.5 Å². The molecule has 0 saturated heterocycles. The Morgan fingerprint density at radius 3 is 2.00 bits per heavy atom. The van der Waals surface area contributed by atoms with E-state index in [1.807, 2.05) is 97.9 Å². The van der Waals surface area contributed by atoms with E-state index in [9.17, 15) is 9.59 Å². The number of carbonyl (C=O) groups excluding carboxylic acids is 3. The van der Waals surface area contributed by atoms with Crippen LogP contribution in [0.1, 0.15) is 81.7 Å². The van der Waals surface area contributed by atoms with Gasteiger partial charge in [-0.3, -0.25) is 14.5 Å². The second kappa shape index (κ2) is 21.2. The summed E-state index contributed by atoms with van der Waals surface area (Å²) in [5, 5.41) is 0. The van der Waals surface area contributed by atoms with Crippen LogP contribution in [-0.2, 0) is 51.9 Å². The Hall–Kier alpha value is -6.77. The van der Waals surface area contributed by atoms with Crippen molar-refractivity contribution in [3.63, 3.8) is 0 Å². The molecule has 0 fully saturated rings. The Morgan fingerprint density at radius 1 is 0.761 bits per heavy atom. The van der Waals surface area contributed by atoms with Gasteiger partial charge >= 0.3 is 6.09 Å². The van der Waals surface area contributed by atoms with Gasteiger partial charge in [0, 0.05) is 30.2 Å². The molecular formula is C53H60N2O12. The largest absolute Gasteiger partial charge is 0.497 e. The number of methoxy groups -OCH3 is 3. The summed E-state index contributed by atoms with van der Waals surface area (Å²) in [5.74, 6) is 1.85. The van der Waals surface area contributed by atoms with Crippen molar-refractivity contribution >= 4 is 17.8 Å². The maximum atomic E-state index is 15.8. The fraction of sp³-hybridized carbons (Fsp3) is 0.377. The third kappa shape index (κ3) is 10.9. The first-order valence-corrected chi connectivity index (χ1v) is 22.2. The number of carbonyl (C=O) groups is 3. The number of nitrogens with zero attached hydrogens (tertiary/aromatic N) is 2. The number of hydrogen-bond donors (Lipinski definition) is 0. The van der Waals surface area contributed by atoms with Crippen molar-refractivity contribution in [2.24, 2.45) is 0 Å². The summed E-state index contributed by atoms with van der Waals surface area (Å²) in [6.07, 6.45) is -0.767. The van der Waals surface area contributed by atoms with E-state index in [-0.39, 0.29) is 58.6 Å². The van der Waals surface area contributed by atoms with E-state index >= 15 is 4.79 Å². The zero-order valence-electron chi connectivity index (χ0n) is 39.8. The maximum Gasteiger partial charge on any atom is 0.410 e. The fourth-order valence-electron chi connectivity index (χ4n) is 8.50. The van der Waals surface area contributed by atoms with Gasteiger partial charge in [0.2, 0.25) is 12.7 Å². The van der Waals surface area contributed by atoms with Crippen LogP contribution in [-0.4, -0.2) is 87.5 Å². The number of hydrogen-bond acceptors (Lipinski definition) is 12. The highest BCUT2D eigenvalue weighted by atomic mass is 16.7. The average Bonchev–Trinajstić information content (AvgIpc) is 3.82. The van der Waals surface area contributed by atoms with Crippen LogP contribution in [0.5, 0.6) is 34.5 Å². The van der Waals surface area contributed by atoms with E-state index in [0.717, 1.165) is 28.0 Å². The van der Waals surface area contributed by atoms with Crippen LogP contribution in [0.3, 0.4) is 0 Å². The molecule has 2 heterocycles. The number of rotatable bonds is 18. The molecule has 0 aliphatic carbocycles. The molecule has 5 aromatic rings. The molecule has 0 bridgehead atoms. The van der Waals surface area contributed by atoms with Crippen LogP contribution >= 0.6 is 0 Å². The number of ketones is 1. The fourth-order valence-corrected chi connectivity index (χ4v) is 8.50. The van der Waals surface area contributed by atoms with Crippen LogP contribution in [0, 0.1) is 13.8 Å². The second-order valence-corrected chi connectivity index (χ2v) is 17.5. The molecule has 5 aromatic carbocycles. The van der Waals surface area contributed by atoms with E-state index in [0.29, 0.717) is 56.6 Å². The Kier molecular flexibility index (Phi) is 15.3. The smallest absolute Gasteiger partial charge is 0.410 e. The van der Waals surface area contributed by atoms with Crippen molar-refractivity contribution in [2.75, 3.05) is 48.3 Å². The predicted octanol–water partition coefficient (Wildman–Crippen LogP) is 9.11. The van der Waals surface area contributed by atoms with E-state index in [4.69, 9.17) is 42.6 Å².